The summed E-state index contributed by atoms with van der Waals surface area (Å²) in [7, 11) is -3.01. The summed E-state index contributed by atoms with van der Waals surface area (Å²) in [5, 5.41) is 2.53. The molecule has 29 heavy (non-hydrogen) atoms. The first-order valence-electron chi connectivity index (χ1n) is 8.40. The van der Waals surface area contributed by atoms with Crippen LogP contribution in [0.1, 0.15) is 6.92 Å². The summed E-state index contributed by atoms with van der Waals surface area (Å²) in [6.07, 6.45) is -0.834. The van der Waals surface area contributed by atoms with Gasteiger partial charge >= 0.3 is 0 Å². The SMILES string of the molecule is COc1cc(S(=O)(=O)N2C[C@H](CNC(C)=O)Oc3c(F)cc(Br)cc32)ccc1F. The van der Waals surface area contributed by atoms with E-state index in [1.165, 1.54) is 20.1 Å². The second kappa shape index (κ2) is 8.15. The quantitative estimate of drug-likeness (QED) is 0.696. The molecule has 1 aliphatic rings. The summed E-state index contributed by atoms with van der Waals surface area (Å²) >= 11 is 3.15. The van der Waals surface area contributed by atoms with Crippen molar-refractivity contribution in [3.8, 4) is 11.5 Å². The van der Waals surface area contributed by atoms with Crippen LogP contribution in [0.25, 0.3) is 0 Å². The van der Waals surface area contributed by atoms with E-state index >= 15 is 0 Å². The molecule has 1 heterocycles. The third-order valence-corrected chi connectivity index (χ3v) is 6.43. The summed E-state index contributed by atoms with van der Waals surface area (Å²) in [6, 6.07) is 5.68. The molecule has 0 saturated carbocycles. The lowest BCUT2D eigenvalue weighted by molar-refractivity contribution is -0.119. The average Bonchev–Trinajstić information content (AvgIpc) is 2.66. The van der Waals surface area contributed by atoms with E-state index in [1.54, 1.807) is 0 Å². The highest BCUT2D eigenvalue weighted by Gasteiger charge is 2.36. The van der Waals surface area contributed by atoms with Crippen molar-refractivity contribution in [2.75, 3.05) is 24.5 Å². The second-order valence-corrected chi connectivity index (χ2v) is 9.02. The number of hydrogen-bond acceptors (Lipinski definition) is 5. The molecule has 0 aromatic heterocycles. The maximum absolute atomic E-state index is 14.5. The Morgan fingerprint density at radius 1 is 1.31 bits per heavy atom. The smallest absolute Gasteiger partial charge is 0.264 e. The van der Waals surface area contributed by atoms with Crippen LogP contribution in [0.15, 0.2) is 39.7 Å². The van der Waals surface area contributed by atoms with E-state index in [1.807, 2.05) is 0 Å². The number of amides is 1. The number of hydrogen-bond donors (Lipinski definition) is 1. The van der Waals surface area contributed by atoms with Gasteiger partial charge in [0.1, 0.15) is 6.10 Å². The number of nitrogens with zero attached hydrogens (tertiary/aromatic N) is 1. The van der Waals surface area contributed by atoms with Crippen LogP contribution in [-0.2, 0) is 14.8 Å². The maximum Gasteiger partial charge on any atom is 0.264 e. The molecular formula is C18H17BrF2N2O5S. The number of benzene rings is 2. The summed E-state index contributed by atoms with van der Waals surface area (Å²) in [5.41, 5.74) is -0.0146. The number of rotatable bonds is 5. The van der Waals surface area contributed by atoms with Crippen LogP contribution in [0, 0.1) is 11.6 Å². The van der Waals surface area contributed by atoms with Gasteiger partial charge in [0, 0.05) is 17.5 Å². The molecule has 2 aromatic rings. The van der Waals surface area contributed by atoms with Gasteiger partial charge in [-0.25, -0.2) is 17.2 Å². The molecule has 2 aromatic carbocycles. The average molecular weight is 491 g/mol. The van der Waals surface area contributed by atoms with Gasteiger partial charge in [-0.15, -0.1) is 0 Å². The summed E-state index contributed by atoms with van der Waals surface area (Å²) in [5.74, 6) is -2.32. The third kappa shape index (κ3) is 4.30. The normalized spacial score (nSPS) is 16.0. The molecule has 1 aliphatic heterocycles. The Kier molecular flexibility index (Phi) is 5.99. The molecule has 1 amide bonds. The first-order chi connectivity index (χ1) is 13.6. The zero-order valence-corrected chi connectivity index (χ0v) is 17.8. The van der Waals surface area contributed by atoms with E-state index < -0.39 is 27.8 Å². The largest absolute Gasteiger partial charge is 0.494 e. The van der Waals surface area contributed by atoms with E-state index in [9.17, 15) is 22.0 Å². The number of carbonyl (C=O) groups excluding carboxylic acids is 1. The Balaban J connectivity index is 2.09. The monoisotopic (exact) mass is 490 g/mol. The first kappa shape index (κ1) is 21.3. The van der Waals surface area contributed by atoms with Gasteiger partial charge in [-0.3, -0.25) is 9.10 Å². The predicted octanol–water partition coefficient (Wildman–Crippen LogP) is 2.83. The molecule has 11 heteroatoms. The molecule has 7 nitrogen and oxygen atoms in total. The van der Waals surface area contributed by atoms with Crippen LogP contribution in [0.5, 0.6) is 11.5 Å². The number of nitrogens with one attached hydrogen (secondary N) is 1. The number of halogens is 3. The summed E-state index contributed by atoms with van der Waals surface area (Å²) in [6.45, 7) is 1.09. The number of carbonyl (C=O) groups is 1. The van der Waals surface area contributed by atoms with Gasteiger partial charge in [-0.05, 0) is 24.3 Å². The predicted molar refractivity (Wildman–Crippen MR) is 105 cm³/mol. The standard InChI is InChI=1S/C18H17BrF2N2O5S/c1-10(24)22-8-12-9-23(16-6-11(19)5-15(21)18(16)28-12)29(25,26)13-3-4-14(20)17(7-13)27-2/h3-7,12H,8-9H2,1-2H3,(H,22,24)/t12-/m0/s1. The van der Waals surface area contributed by atoms with Gasteiger partial charge in [0.2, 0.25) is 5.91 Å². The fourth-order valence-corrected chi connectivity index (χ4v) is 4.78. The minimum Gasteiger partial charge on any atom is -0.494 e. The maximum atomic E-state index is 14.5. The molecule has 1 atom stereocenters. The van der Waals surface area contributed by atoms with Crippen molar-refractivity contribution in [1.82, 2.24) is 5.32 Å². The molecule has 0 spiro atoms. The van der Waals surface area contributed by atoms with Crippen molar-refractivity contribution in [2.24, 2.45) is 0 Å². The Hall–Kier alpha value is -2.40. The minimum absolute atomic E-state index is 0.0146. The molecule has 3 rings (SSSR count). The number of sulfonamides is 1. The van der Waals surface area contributed by atoms with Crippen LogP contribution in [0.3, 0.4) is 0 Å². The van der Waals surface area contributed by atoms with Crippen molar-refractivity contribution in [3.05, 3.63) is 46.4 Å². The van der Waals surface area contributed by atoms with Crippen LogP contribution in [-0.4, -0.2) is 40.6 Å². The second-order valence-electron chi connectivity index (χ2n) is 6.25. The topological polar surface area (TPSA) is 84.9 Å². The summed E-state index contributed by atoms with van der Waals surface area (Å²) in [4.78, 5) is 11.0. The highest BCUT2D eigenvalue weighted by atomic mass is 79.9. The van der Waals surface area contributed by atoms with Crippen molar-refractivity contribution < 1.29 is 31.5 Å². The Morgan fingerprint density at radius 3 is 2.69 bits per heavy atom. The van der Waals surface area contributed by atoms with Crippen molar-refractivity contribution >= 4 is 37.5 Å². The fourth-order valence-electron chi connectivity index (χ4n) is 2.86. The van der Waals surface area contributed by atoms with Crippen LogP contribution in [0.2, 0.25) is 0 Å². The molecule has 0 fully saturated rings. The molecule has 0 radical (unpaired) electrons. The lowest BCUT2D eigenvalue weighted by Crippen LogP contribution is -2.48. The molecule has 1 N–H and O–H groups in total. The van der Waals surface area contributed by atoms with Gasteiger partial charge in [0.05, 0.1) is 30.8 Å². The summed E-state index contributed by atoms with van der Waals surface area (Å²) < 4.78 is 66.6. The van der Waals surface area contributed by atoms with Gasteiger partial charge in [0.15, 0.2) is 23.1 Å². The Morgan fingerprint density at radius 2 is 2.03 bits per heavy atom. The fraction of sp³-hybridized carbons (Fsp3) is 0.278. The van der Waals surface area contributed by atoms with E-state index in [0.717, 1.165) is 28.6 Å². The number of fused-ring (bicyclic) bond motifs is 1. The van der Waals surface area contributed by atoms with Gasteiger partial charge < -0.3 is 14.8 Å². The minimum atomic E-state index is -4.22. The van der Waals surface area contributed by atoms with Crippen molar-refractivity contribution in [1.29, 1.82) is 0 Å². The van der Waals surface area contributed by atoms with E-state index in [4.69, 9.17) is 9.47 Å². The highest BCUT2D eigenvalue weighted by molar-refractivity contribution is 9.10. The zero-order valence-electron chi connectivity index (χ0n) is 15.4. The van der Waals surface area contributed by atoms with E-state index in [-0.39, 0.29) is 41.1 Å². The lowest BCUT2D eigenvalue weighted by Gasteiger charge is -2.35. The zero-order chi connectivity index (χ0) is 21.3. The number of ether oxygens (including phenoxy) is 2. The van der Waals surface area contributed by atoms with Crippen LogP contribution >= 0.6 is 15.9 Å². The Bertz CT molecular complexity index is 1060. The van der Waals surface area contributed by atoms with Crippen LogP contribution < -0.4 is 19.1 Å². The third-order valence-electron chi connectivity index (χ3n) is 4.20. The van der Waals surface area contributed by atoms with Crippen LogP contribution in [0.4, 0.5) is 14.5 Å². The van der Waals surface area contributed by atoms with E-state index in [0.29, 0.717) is 4.47 Å². The van der Waals surface area contributed by atoms with Gasteiger partial charge in [0.25, 0.3) is 10.0 Å². The van der Waals surface area contributed by atoms with Gasteiger partial charge in [-0.2, -0.15) is 0 Å². The molecule has 0 bridgehead atoms. The molecular weight excluding hydrogens is 474 g/mol. The molecule has 0 unspecified atom stereocenters. The van der Waals surface area contributed by atoms with Gasteiger partial charge in [-0.1, -0.05) is 15.9 Å². The molecule has 0 aliphatic carbocycles. The first-order valence-corrected chi connectivity index (χ1v) is 10.6. The number of anilines is 1. The lowest BCUT2D eigenvalue weighted by atomic mass is 10.2. The van der Waals surface area contributed by atoms with E-state index in [2.05, 4.69) is 21.2 Å². The molecule has 156 valence electrons. The Labute approximate surface area is 174 Å². The highest BCUT2D eigenvalue weighted by Crippen LogP contribution is 2.41. The molecule has 0 saturated heterocycles. The van der Waals surface area contributed by atoms with Crippen molar-refractivity contribution in [2.45, 2.75) is 17.9 Å². The van der Waals surface area contributed by atoms with Crippen molar-refractivity contribution in [3.63, 3.8) is 0 Å². The number of methoxy groups -OCH3 is 1.